The number of carbonyl (C=O) groups is 1. The number of nitrogens with zero attached hydrogens (tertiary/aromatic N) is 1. The molecule has 1 unspecified atom stereocenters. The molecule has 110 valence electrons. The van der Waals surface area contributed by atoms with E-state index in [1.807, 2.05) is 0 Å². The third kappa shape index (κ3) is 3.42. The molecule has 0 saturated carbocycles. The minimum atomic E-state index is -0.0623. The molecule has 0 bridgehead atoms. The molecule has 1 aliphatic heterocycles. The second-order valence-corrected chi connectivity index (χ2v) is 5.20. The quantitative estimate of drug-likeness (QED) is 0.876. The van der Waals surface area contributed by atoms with Crippen molar-refractivity contribution in [3.8, 4) is 11.5 Å². The molecule has 1 amide bonds. The first-order valence-corrected chi connectivity index (χ1v) is 6.96. The van der Waals surface area contributed by atoms with Crippen LogP contribution in [0.25, 0.3) is 0 Å². The molecule has 1 heterocycles. The van der Waals surface area contributed by atoms with Crippen molar-refractivity contribution >= 4 is 5.91 Å². The van der Waals surface area contributed by atoms with Crippen LogP contribution >= 0.6 is 0 Å². The van der Waals surface area contributed by atoms with Crippen molar-refractivity contribution in [1.82, 2.24) is 10.2 Å². The summed E-state index contributed by atoms with van der Waals surface area (Å²) >= 11 is 0. The summed E-state index contributed by atoms with van der Waals surface area (Å²) in [5.74, 6) is 0.662. The highest BCUT2D eigenvalue weighted by Gasteiger charge is 2.23. The molecule has 0 spiro atoms. The summed E-state index contributed by atoms with van der Waals surface area (Å²) in [6.07, 6.45) is 3.15. The molecule has 1 fully saturated rings. The number of nitrogens with one attached hydrogen (secondary N) is 1. The van der Waals surface area contributed by atoms with Gasteiger partial charge in [0.05, 0.1) is 13.2 Å². The number of phenols is 1. The van der Waals surface area contributed by atoms with Crippen molar-refractivity contribution in [3.05, 3.63) is 23.8 Å². The number of benzene rings is 1. The Labute approximate surface area is 119 Å². The molecule has 1 aromatic carbocycles. The lowest BCUT2D eigenvalue weighted by Crippen LogP contribution is -2.46. The van der Waals surface area contributed by atoms with E-state index in [0.29, 0.717) is 12.3 Å². The molecule has 1 aliphatic rings. The summed E-state index contributed by atoms with van der Waals surface area (Å²) < 4.78 is 5.08. The predicted molar refractivity (Wildman–Crippen MR) is 76.8 cm³/mol. The van der Waals surface area contributed by atoms with Gasteiger partial charge in [-0.1, -0.05) is 12.5 Å². The van der Waals surface area contributed by atoms with E-state index in [1.165, 1.54) is 7.11 Å². The third-order valence-electron chi connectivity index (χ3n) is 3.65. The average molecular weight is 278 g/mol. The number of likely N-dealkylation sites (N-methyl/N-ethyl adjacent to an activating group) is 1. The fourth-order valence-electron chi connectivity index (χ4n) is 2.50. The van der Waals surface area contributed by atoms with Gasteiger partial charge in [0.15, 0.2) is 11.5 Å². The van der Waals surface area contributed by atoms with Crippen molar-refractivity contribution in [2.75, 3.05) is 20.7 Å². The summed E-state index contributed by atoms with van der Waals surface area (Å²) in [5, 5.41) is 12.8. The zero-order valence-corrected chi connectivity index (χ0v) is 12.1. The highest BCUT2D eigenvalue weighted by Crippen LogP contribution is 2.26. The zero-order valence-electron chi connectivity index (χ0n) is 12.1. The summed E-state index contributed by atoms with van der Waals surface area (Å²) in [5.41, 5.74) is 0.936. The van der Waals surface area contributed by atoms with Gasteiger partial charge in [-0.3, -0.25) is 4.79 Å². The Hall–Kier alpha value is -1.75. The van der Waals surface area contributed by atoms with Crippen LogP contribution in [-0.4, -0.2) is 42.7 Å². The van der Waals surface area contributed by atoms with Crippen molar-refractivity contribution in [1.29, 1.82) is 0 Å². The fourth-order valence-corrected chi connectivity index (χ4v) is 2.50. The molecule has 0 radical (unpaired) electrons. The van der Waals surface area contributed by atoms with Crippen LogP contribution in [0, 0.1) is 0 Å². The molecule has 2 rings (SSSR count). The maximum absolute atomic E-state index is 12.3. The Kier molecular flexibility index (Phi) is 4.84. The Morgan fingerprint density at radius 1 is 1.50 bits per heavy atom. The van der Waals surface area contributed by atoms with Crippen LogP contribution in [0.5, 0.6) is 11.5 Å². The molecular weight excluding hydrogens is 256 g/mol. The van der Waals surface area contributed by atoms with Gasteiger partial charge in [-0.2, -0.15) is 0 Å². The Morgan fingerprint density at radius 3 is 2.95 bits per heavy atom. The van der Waals surface area contributed by atoms with Gasteiger partial charge >= 0.3 is 0 Å². The van der Waals surface area contributed by atoms with E-state index >= 15 is 0 Å². The second kappa shape index (κ2) is 6.61. The van der Waals surface area contributed by atoms with Crippen LogP contribution in [0.4, 0.5) is 0 Å². The maximum Gasteiger partial charge on any atom is 0.239 e. The van der Waals surface area contributed by atoms with Crippen LogP contribution in [0.1, 0.15) is 24.8 Å². The van der Waals surface area contributed by atoms with Gasteiger partial charge in [-0.15, -0.1) is 0 Å². The number of ether oxygens (including phenoxy) is 1. The fraction of sp³-hybridized carbons (Fsp3) is 0.533. The van der Waals surface area contributed by atoms with Gasteiger partial charge < -0.3 is 20.1 Å². The summed E-state index contributed by atoms with van der Waals surface area (Å²) in [7, 11) is 3.32. The molecule has 1 atom stereocenters. The highest BCUT2D eigenvalue weighted by atomic mass is 16.5. The van der Waals surface area contributed by atoms with Crippen LogP contribution in [-0.2, 0) is 11.3 Å². The van der Waals surface area contributed by atoms with Gasteiger partial charge in [0.25, 0.3) is 0 Å². The standard InChI is InChI=1S/C15H22N2O3/c1-17(15(19)12-5-3-4-8-16-12)10-11-6-7-13(18)14(9-11)20-2/h6-7,9,12,16,18H,3-5,8,10H2,1-2H3. The van der Waals surface area contributed by atoms with Crippen molar-refractivity contribution in [2.45, 2.75) is 31.8 Å². The molecule has 5 heteroatoms. The lowest BCUT2D eigenvalue weighted by Gasteiger charge is -2.27. The minimum Gasteiger partial charge on any atom is -0.504 e. The van der Waals surface area contributed by atoms with Crippen LogP contribution in [0.2, 0.25) is 0 Å². The van der Waals surface area contributed by atoms with E-state index in [4.69, 9.17) is 4.74 Å². The lowest BCUT2D eigenvalue weighted by atomic mass is 10.0. The molecule has 0 aliphatic carbocycles. The molecule has 1 saturated heterocycles. The number of hydrogen-bond acceptors (Lipinski definition) is 4. The monoisotopic (exact) mass is 278 g/mol. The number of amides is 1. The lowest BCUT2D eigenvalue weighted by molar-refractivity contribution is -0.133. The van der Waals surface area contributed by atoms with Gasteiger partial charge in [-0.05, 0) is 37.1 Å². The molecule has 2 N–H and O–H groups in total. The molecule has 1 aromatic rings. The van der Waals surface area contributed by atoms with Crippen LogP contribution < -0.4 is 10.1 Å². The maximum atomic E-state index is 12.3. The van der Waals surface area contributed by atoms with Crippen molar-refractivity contribution in [3.63, 3.8) is 0 Å². The minimum absolute atomic E-state index is 0.0623. The van der Waals surface area contributed by atoms with Gasteiger partial charge in [0.1, 0.15) is 0 Å². The van der Waals surface area contributed by atoms with E-state index in [0.717, 1.165) is 31.4 Å². The molecule has 5 nitrogen and oxygen atoms in total. The van der Waals surface area contributed by atoms with Crippen LogP contribution in [0.15, 0.2) is 18.2 Å². The van der Waals surface area contributed by atoms with E-state index < -0.39 is 0 Å². The van der Waals surface area contributed by atoms with Crippen molar-refractivity contribution in [2.24, 2.45) is 0 Å². The van der Waals surface area contributed by atoms with E-state index in [1.54, 1.807) is 30.1 Å². The summed E-state index contributed by atoms with van der Waals surface area (Å²) in [6, 6.07) is 5.09. The molecular formula is C15H22N2O3. The topological polar surface area (TPSA) is 61.8 Å². The van der Waals surface area contributed by atoms with Gasteiger partial charge in [0.2, 0.25) is 5.91 Å². The Bertz CT molecular complexity index is 470. The predicted octanol–water partition coefficient (Wildman–Crippen LogP) is 1.50. The van der Waals surface area contributed by atoms with Crippen molar-refractivity contribution < 1.29 is 14.6 Å². The number of methoxy groups -OCH3 is 1. The second-order valence-electron chi connectivity index (χ2n) is 5.20. The Balaban J connectivity index is 1.99. The zero-order chi connectivity index (χ0) is 14.5. The van der Waals surface area contributed by atoms with E-state index in [9.17, 15) is 9.90 Å². The summed E-state index contributed by atoms with van der Waals surface area (Å²) in [4.78, 5) is 14.0. The number of carbonyl (C=O) groups excluding carboxylic acids is 1. The molecule has 20 heavy (non-hydrogen) atoms. The first-order chi connectivity index (χ1) is 9.61. The first-order valence-electron chi connectivity index (χ1n) is 6.96. The van der Waals surface area contributed by atoms with E-state index in [-0.39, 0.29) is 17.7 Å². The van der Waals surface area contributed by atoms with E-state index in [2.05, 4.69) is 5.32 Å². The van der Waals surface area contributed by atoms with Gasteiger partial charge in [-0.25, -0.2) is 0 Å². The SMILES string of the molecule is COc1cc(CN(C)C(=O)C2CCCCN2)ccc1O. The Morgan fingerprint density at radius 2 is 2.30 bits per heavy atom. The largest absolute Gasteiger partial charge is 0.504 e. The first kappa shape index (κ1) is 14.7. The normalized spacial score (nSPS) is 18.6. The summed E-state index contributed by atoms with van der Waals surface area (Å²) in [6.45, 7) is 1.42. The third-order valence-corrected chi connectivity index (χ3v) is 3.65. The number of aromatic hydroxyl groups is 1. The smallest absolute Gasteiger partial charge is 0.239 e. The number of hydrogen-bond donors (Lipinski definition) is 2. The van der Waals surface area contributed by atoms with Gasteiger partial charge in [0, 0.05) is 13.6 Å². The number of rotatable bonds is 4. The number of piperidine rings is 1. The van der Waals surface area contributed by atoms with Crippen LogP contribution in [0.3, 0.4) is 0 Å². The number of phenolic OH excluding ortho intramolecular Hbond substituents is 1. The average Bonchev–Trinajstić information content (AvgIpc) is 2.49. The highest BCUT2D eigenvalue weighted by molar-refractivity contribution is 5.81. The molecule has 0 aromatic heterocycles.